The van der Waals surface area contributed by atoms with Gasteiger partial charge in [-0.1, -0.05) is 29.0 Å². The van der Waals surface area contributed by atoms with Gasteiger partial charge in [-0.3, -0.25) is 10.1 Å². The molecule has 1 aromatic heterocycles. The summed E-state index contributed by atoms with van der Waals surface area (Å²) >= 11 is 6.95. The average Bonchev–Trinajstić information content (AvgIpc) is 3.00. The topological polar surface area (TPSA) is 83.1 Å². The Balaban J connectivity index is 1.66. The second-order valence-corrected chi connectivity index (χ2v) is 7.71. The van der Waals surface area contributed by atoms with Gasteiger partial charge in [0.25, 0.3) is 5.91 Å². The Kier molecular flexibility index (Phi) is 5.96. The highest BCUT2D eigenvalue weighted by atomic mass is 35.5. The van der Waals surface area contributed by atoms with E-state index in [9.17, 15) is 9.59 Å². The van der Waals surface area contributed by atoms with Gasteiger partial charge in [0.1, 0.15) is 4.88 Å². The SMILES string of the molecule is Cc1ccc(NC(=O)c2sc(NC(=O)Nc3ccc(Cl)cc3)nc2C)cc1C. The van der Waals surface area contributed by atoms with Crippen molar-refractivity contribution < 1.29 is 9.59 Å². The monoisotopic (exact) mass is 414 g/mol. The molecule has 1 heterocycles. The van der Waals surface area contributed by atoms with Crippen LogP contribution in [0.1, 0.15) is 26.5 Å². The third-order valence-corrected chi connectivity index (χ3v) is 5.41. The lowest BCUT2D eigenvalue weighted by molar-refractivity contribution is 0.103. The van der Waals surface area contributed by atoms with E-state index >= 15 is 0 Å². The van der Waals surface area contributed by atoms with E-state index in [4.69, 9.17) is 11.6 Å². The van der Waals surface area contributed by atoms with Crippen LogP contribution in [0.15, 0.2) is 42.5 Å². The lowest BCUT2D eigenvalue weighted by Gasteiger charge is -2.07. The van der Waals surface area contributed by atoms with Crippen LogP contribution in [0.2, 0.25) is 5.02 Å². The van der Waals surface area contributed by atoms with Crippen LogP contribution < -0.4 is 16.0 Å². The van der Waals surface area contributed by atoms with Gasteiger partial charge in [-0.15, -0.1) is 0 Å². The van der Waals surface area contributed by atoms with E-state index in [1.165, 1.54) is 0 Å². The number of anilines is 3. The molecule has 2 aromatic carbocycles. The first-order valence-corrected chi connectivity index (χ1v) is 9.71. The Morgan fingerprint density at radius 1 is 0.893 bits per heavy atom. The molecule has 0 aliphatic heterocycles. The summed E-state index contributed by atoms with van der Waals surface area (Å²) in [6.07, 6.45) is 0. The molecule has 0 aliphatic carbocycles. The highest BCUT2D eigenvalue weighted by Crippen LogP contribution is 2.24. The number of aromatic nitrogens is 1. The Labute approximate surface area is 172 Å². The summed E-state index contributed by atoms with van der Waals surface area (Å²) < 4.78 is 0. The van der Waals surface area contributed by atoms with Crippen molar-refractivity contribution in [3.05, 3.63) is 69.2 Å². The molecule has 3 aromatic rings. The van der Waals surface area contributed by atoms with Gasteiger partial charge in [-0.25, -0.2) is 9.78 Å². The van der Waals surface area contributed by atoms with Crippen LogP contribution in [0.4, 0.5) is 21.3 Å². The molecule has 0 radical (unpaired) electrons. The molecule has 0 fully saturated rings. The minimum Gasteiger partial charge on any atom is -0.321 e. The summed E-state index contributed by atoms with van der Waals surface area (Å²) in [6, 6.07) is 12.0. The fourth-order valence-electron chi connectivity index (χ4n) is 2.46. The Morgan fingerprint density at radius 3 is 2.25 bits per heavy atom. The number of hydrogen-bond donors (Lipinski definition) is 3. The van der Waals surface area contributed by atoms with Crippen LogP contribution in [-0.2, 0) is 0 Å². The maximum atomic E-state index is 12.6. The van der Waals surface area contributed by atoms with Gasteiger partial charge >= 0.3 is 6.03 Å². The second kappa shape index (κ2) is 8.41. The van der Waals surface area contributed by atoms with Crippen molar-refractivity contribution in [1.82, 2.24) is 4.98 Å². The number of amides is 3. The van der Waals surface area contributed by atoms with Crippen LogP contribution in [0.3, 0.4) is 0 Å². The van der Waals surface area contributed by atoms with Crippen LogP contribution in [-0.4, -0.2) is 16.9 Å². The van der Waals surface area contributed by atoms with Crippen molar-refractivity contribution in [2.45, 2.75) is 20.8 Å². The molecule has 0 atom stereocenters. The number of thiazole rings is 1. The lowest BCUT2D eigenvalue weighted by atomic mass is 10.1. The lowest BCUT2D eigenvalue weighted by Crippen LogP contribution is -2.19. The van der Waals surface area contributed by atoms with Crippen molar-refractivity contribution in [2.75, 3.05) is 16.0 Å². The highest BCUT2D eigenvalue weighted by molar-refractivity contribution is 7.17. The fraction of sp³-hybridized carbons (Fsp3) is 0.150. The number of carbonyl (C=O) groups is 2. The van der Waals surface area contributed by atoms with Crippen molar-refractivity contribution in [1.29, 1.82) is 0 Å². The number of nitrogens with one attached hydrogen (secondary N) is 3. The number of rotatable bonds is 4. The zero-order valence-electron chi connectivity index (χ0n) is 15.6. The average molecular weight is 415 g/mol. The first-order chi connectivity index (χ1) is 13.3. The maximum Gasteiger partial charge on any atom is 0.325 e. The molecule has 8 heteroatoms. The van der Waals surface area contributed by atoms with Crippen LogP contribution in [0.25, 0.3) is 0 Å². The van der Waals surface area contributed by atoms with Crippen molar-refractivity contribution >= 4 is 51.4 Å². The summed E-state index contributed by atoms with van der Waals surface area (Å²) in [5, 5.41) is 9.13. The zero-order valence-corrected chi connectivity index (χ0v) is 17.2. The number of aryl methyl sites for hydroxylation is 3. The number of nitrogens with zero attached hydrogens (tertiary/aromatic N) is 1. The molecule has 0 saturated carbocycles. The molecule has 6 nitrogen and oxygen atoms in total. The molecule has 3 amide bonds. The van der Waals surface area contributed by atoms with Gasteiger partial charge < -0.3 is 10.6 Å². The number of hydrogen-bond acceptors (Lipinski definition) is 4. The molecule has 144 valence electrons. The van der Waals surface area contributed by atoms with Gasteiger partial charge in [-0.05, 0) is 68.3 Å². The predicted molar refractivity (Wildman–Crippen MR) is 115 cm³/mol. The summed E-state index contributed by atoms with van der Waals surface area (Å²) in [5.41, 5.74) is 4.12. The first-order valence-electron chi connectivity index (χ1n) is 8.51. The third kappa shape index (κ3) is 4.88. The van der Waals surface area contributed by atoms with Crippen LogP contribution >= 0.6 is 22.9 Å². The Morgan fingerprint density at radius 2 is 1.57 bits per heavy atom. The molecule has 0 bridgehead atoms. The van der Waals surface area contributed by atoms with E-state index in [2.05, 4.69) is 20.9 Å². The number of urea groups is 1. The van der Waals surface area contributed by atoms with Gasteiger partial charge in [0.15, 0.2) is 5.13 Å². The van der Waals surface area contributed by atoms with Gasteiger partial charge in [-0.2, -0.15) is 0 Å². The van der Waals surface area contributed by atoms with E-state index in [0.29, 0.717) is 26.4 Å². The number of benzene rings is 2. The van der Waals surface area contributed by atoms with Crippen molar-refractivity contribution in [2.24, 2.45) is 0 Å². The summed E-state index contributed by atoms with van der Waals surface area (Å²) in [7, 11) is 0. The molecular formula is C20H19ClN4O2S. The summed E-state index contributed by atoms with van der Waals surface area (Å²) in [4.78, 5) is 29.4. The molecule has 0 aliphatic rings. The van der Waals surface area contributed by atoms with E-state index in [0.717, 1.165) is 28.2 Å². The van der Waals surface area contributed by atoms with E-state index < -0.39 is 6.03 Å². The van der Waals surface area contributed by atoms with Crippen molar-refractivity contribution in [3.8, 4) is 0 Å². The predicted octanol–water partition coefficient (Wildman–Crippen LogP) is 5.62. The molecule has 3 N–H and O–H groups in total. The maximum absolute atomic E-state index is 12.6. The Bertz CT molecular complexity index is 1030. The fourth-order valence-corrected chi connectivity index (χ4v) is 3.44. The van der Waals surface area contributed by atoms with Gasteiger partial charge in [0.05, 0.1) is 5.69 Å². The normalized spacial score (nSPS) is 10.4. The minimum absolute atomic E-state index is 0.260. The number of halogens is 1. The van der Waals surface area contributed by atoms with E-state index in [1.54, 1.807) is 31.2 Å². The van der Waals surface area contributed by atoms with Crippen LogP contribution in [0.5, 0.6) is 0 Å². The quantitative estimate of drug-likeness (QED) is 0.518. The molecular weight excluding hydrogens is 396 g/mol. The second-order valence-electron chi connectivity index (χ2n) is 6.27. The van der Waals surface area contributed by atoms with Crippen LogP contribution in [0, 0.1) is 20.8 Å². The van der Waals surface area contributed by atoms with Crippen molar-refractivity contribution in [3.63, 3.8) is 0 Å². The molecule has 0 spiro atoms. The molecule has 28 heavy (non-hydrogen) atoms. The Hall–Kier alpha value is -2.90. The first kappa shape index (κ1) is 19.9. The van der Waals surface area contributed by atoms with E-state index in [-0.39, 0.29) is 5.91 Å². The molecule has 3 rings (SSSR count). The summed E-state index contributed by atoms with van der Waals surface area (Å²) in [6.45, 7) is 5.74. The summed E-state index contributed by atoms with van der Waals surface area (Å²) in [5.74, 6) is -0.260. The smallest absolute Gasteiger partial charge is 0.321 e. The largest absolute Gasteiger partial charge is 0.325 e. The van der Waals surface area contributed by atoms with Gasteiger partial charge in [0, 0.05) is 16.4 Å². The highest BCUT2D eigenvalue weighted by Gasteiger charge is 2.17. The third-order valence-electron chi connectivity index (χ3n) is 4.09. The zero-order chi connectivity index (χ0) is 20.3. The standard InChI is InChI=1S/C20H19ClN4O2S/c1-11-4-7-16(10-12(11)2)23-18(26)17-13(3)22-20(28-17)25-19(27)24-15-8-5-14(21)6-9-15/h4-10H,1-3H3,(H,23,26)(H2,22,24,25,27). The minimum atomic E-state index is -0.447. The van der Waals surface area contributed by atoms with E-state index in [1.807, 2.05) is 32.0 Å². The van der Waals surface area contributed by atoms with Gasteiger partial charge in [0.2, 0.25) is 0 Å². The number of carbonyl (C=O) groups excluding carboxylic acids is 2. The molecule has 0 unspecified atom stereocenters. The molecule has 0 saturated heterocycles.